The Morgan fingerprint density at radius 3 is 2.65 bits per heavy atom. The molecule has 0 saturated heterocycles. The van der Waals surface area contributed by atoms with Crippen molar-refractivity contribution in [2.24, 2.45) is 0 Å². The van der Waals surface area contributed by atoms with E-state index in [0.29, 0.717) is 5.95 Å². The lowest BCUT2D eigenvalue weighted by Gasteiger charge is -2.18. The van der Waals surface area contributed by atoms with Crippen LogP contribution in [-0.4, -0.2) is 20.9 Å². The number of hydrogen-bond acceptors (Lipinski definition) is 7. The Hall–Kier alpha value is -3.00. The van der Waals surface area contributed by atoms with Crippen molar-refractivity contribution < 1.29 is 4.92 Å². The number of nitrogens with one attached hydrogen (secondary N) is 2. The smallest absolute Gasteiger partial charge is 0.329 e. The van der Waals surface area contributed by atoms with E-state index in [4.69, 9.17) is 0 Å². The van der Waals surface area contributed by atoms with Gasteiger partial charge >= 0.3 is 5.69 Å². The van der Waals surface area contributed by atoms with Crippen LogP contribution in [0.25, 0.3) is 0 Å². The van der Waals surface area contributed by atoms with Crippen molar-refractivity contribution in [3.63, 3.8) is 0 Å². The standard InChI is InChI=1S/C18H17N5O2S/c24-23(25)14-11-19-18(22-17(14)20-13-8-9-13)21-16(15-7-4-10-26-15)12-5-2-1-3-6-12/h1-7,10-11,13,16H,8-9H2,(H2,19,20,21,22). The SMILES string of the molecule is O=[N+]([O-])c1cnc(NC(c2ccccc2)c2cccs2)nc1NC1CC1. The molecule has 1 aliphatic rings. The third-order valence-electron chi connectivity index (χ3n) is 4.12. The normalized spacial score (nSPS) is 14.6. The van der Waals surface area contributed by atoms with Crippen molar-refractivity contribution in [1.29, 1.82) is 0 Å². The van der Waals surface area contributed by atoms with Gasteiger partial charge in [-0.2, -0.15) is 4.98 Å². The first-order chi connectivity index (χ1) is 12.7. The molecule has 8 heteroatoms. The maximum absolute atomic E-state index is 11.2. The van der Waals surface area contributed by atoms with Gasteiger partial charge in [0.2, 0.25) is 11.8 Å². The highest BCUT2D eigenvalue weighted by Crippen LogP contribution is 2.32. The molecule has 1 atom stereocenters. The van der Waals surface area contributed by atoms with Crippen molar-refractivity contribution in [2.75, 3.05) is 10.6 Å². The average molecular weight is 367 g/mol. The minimum absolute atomic E-state index is 0.102. The fourth-order valence-electron chi connectivity index (χ4n) is 2.65. The summed E-state index contributed by atoms with van der Waals surface area (Å²) in [5.74, 6) is 0.633. The first-order valence-corrected chi connectivity index (χ1v) is 9.21. The largest absolute Gasteiger partial charge is 0.361 e. The Kier molecular flexibility index (Phi) is 4.49. The summed E-state index contributed by atoms with van der Waals surface area (Å²) in [7, 11) is 0. The Bertz CT molecular complexity index is 897. The summed E-state index contributed by atoms with van der Waals surface area (Å²) in [4.78, 5) is 20.4. The van der Waals surface area contributed by atoms with Gasteiger partial charge in [-0.25, -0.2) is 4.98 Å². The van der Waals surface area contributed by atoms with Crippen LogP contribution in [0.5, 0.6) is 0 Å². The van der Waals surface area contributed by atoms with E-state index >= 15 is 0 Å². The molecular weight excluding hydrogens is 350 g/mol. The highest BCUT2D eigenvalue weighted by Gasteiger charge is 2.27. The number of anilines is 2. The third-order valence-corrected chi connectivity index (χ3v) is 5.06. The van der Waals surface area contributed by atoms with Crippen LogP contribution in [-0.2, 0) is 0 Å². The molecule has 132 valence electrons. The van der Waals surface area contributed by atoms with Gasteiger partial charge < -0.3 is 10.6 Å². The Labute approximate surface area is 154 Å². The fraction of sp³-hybridized carbons (Fsp3) is 0.222. The lowest BCUT2D eigenvalue weighted by molar-refractivity contribution is -0.384. The molecule has 0 bridgehead atoms. The molecule has 0 spiro atoms. The van der Waals surface area contributed by atoms with Crippen molar-refractivity contribution in [3.05, 3.63) is 74.6 Å². The minimum Gasteiger partial charge on any atom is -0.361 e. The molecule has 0 aliphatic heterocycles. The van der Waals surface area contributed by atoms with E-state index < -0.39 is 4.92 Å². The molecule has 1 fully saturated rings. The summed E-state index contributed by atoms with van der Waals surface area (Å²) in [5.41, 5.74) is 0.975. The second-order valence-electron chi connectivity index (χ2n) is 6.11. The zero-order valence-corrected chi connectivity index (χ0v) is 14.6. The van der Waals surface area contributed by atoms with Gasteiger partial charge in [0.05, 0.1) is 11.0 Å². The molecule has 26 heavy (non-hydrogen) atoms. The Morgan fingerprint density at radius 1 is 1.19 bits per heavy atom. The molecular formula is C18H17N5O2S. The van der Waals surface area contributed by atoms with E-state index in [0.717, 1.165) is 23.3 Å². The van der Waals surface area contributed by atoms with Crippen LogP contribution in [0.4, 0.5) is 17.5 Å². The van der Waals surface area contributed by atoms with Crippen LogP contribution in [0.2, 0.25) is 0 Å². The van der Waals surface area contributed by atoms with Crippen LogP contribution < -0.4 is 10.6 Å². The van der Waals surface area contributed by atoms with Crippen LogP contribution in [0.15, 0.2) is 54.0 Å². The lowest BCUT2D eigenvalue weighted by Crippen LogP contribution is -2.15. The van der Waals surface area contributed by atoms with Crippen LogP contribution in [0.3, 0.4) is 0 Å². The third kappa shape index (κ3) is 3.65. The van der Waals surface area contributed by atoms with Crippen molar-refractivity contribution in [3.8, 4) is 0 Å². The van der Waals surface area contributed by atoms with E-state index in [2.05, 4.69) is 20.6 Å². The molecule has 0 amide bonds. The summed E-state index contributed by atoms with van der Waals surface area (Å²) in [5, 5.41) is 19.7. The van der Waals surface area contributed by atoms with Gasteiger partial charge in [-0.15, -0.1) is 11.3 Å². The molecule has 2 N–H and O–H groups in total. The fourth-order valence-corrected chi connectivity index (χ4v) is 3.46. The molecule has 7 nitrogen and oxygen atoms in total. The second kappa shape index (κ2) is 7.09. The Morgan fingerprint density at radius 2 is 2.00 bits per heavy atom. The van der Waals surface area contributed by atoms with Gasteiger partial charge in [-0.3, -0.25) is 10.1 Å². The number of aromatic nitrogens is 2. The van der Waals surface area contributed by atoms with Gasteiger partial charge in [-0.05, 0) is 29.9 Å². The van der Waals surface area contributed by atoms with Crippen molar-refractivity contribution >= 4 is 28.8 Å². The average Bonchev–Trinajstić information content (AvgIpc) is 3.30. The van der Waals surface area contributed by atoms with Gasteiger partial charge in [0.25, 0.3) is 0 Å². The quantitative estimate of drug-likeness (QED) is 0.480. The minimum atomic E-state index is -0.456. The molecule has 2 heterocycles. The van der Waals surface area contributed by atoms with Gasteiger partial charge in [0, 0.05) is 10.9 Å². The van der Waals surface area contributed by atoms with Crippen molar-refractivity contribution in [1.82, 2.24) is 9.97 Å². The van der Waals surface area contributed by atoms with E-state index in [1.807, 2.05) is 47.8 Å². The molecule has 4 rings (SSSR count). The molecule has 0 radical (unpaired) electrons. The lowest BCUT2D eigenvalue weighted by atomic mass is 10.1. The summed E-state index contributed by atoms with van der Waals surface area (Å²) in [6, 6.07) is 14.2. The highest BCUT2D eigenvalue weighted by atomic mass is 32.1. The molecule has 1 saturated carbocycles. The predicted octanol–water partition coefficient (Wildman–Crippen LogP) is 4.22. The summed E-state index contributed by atoms with van der Waals surface area (Å²) >= 11 is 1.64. The molecule has 1 aromatic carbocycles. The maximum atomic E-state index is 11.2. The van der Waals surface area contributed by atoms with Gasteiger partial charge in [0.15, 0.2) is 0 Å². The first-order valence-electron chi connectivity index (χ1n) is 8.33. The maximum Gasteiger partial charge on any atom is 0.329 e. The van der Waals surface area contributed by atoms with Crippen LogP contribution in [0, 0.1) is 10.1 Å². The topological polar surface area (TPSA) is 93.0 Å². The monoisotopic (exact) mass is 367 g/mol. The van der Waals surface area contributed by atoms with E-state index in [1.165, 1.54) is 6.20 Å². The van der Waals surface area contributed by atoms with Gasteiger partial charge in [0.1, 0.15) is 6.20 Å². The number of rotatable bonds is 7. The highest BCUT2D eigenvalue weighted by molar-refractivity contribution is 7.10. The number of benzene rings is 1. The number of nitro groups is 1. The van der Waals surface area contributed by atoms with Crippen molar-refractivity contribution in [2.45, 2.75) is 24.9 Å². The van der Waals surface area contributed by atoms with E-state index in [9.17, 15) is 10.1 Å². The summed E-state index contributed by atoms with van der Waals surface area (Å²) < 4.78 is 0. The Balaban J connectivity index is 1.66. The predicted molar refractivity (Wildman–Crippen MR) is 102 cm³/mol. The first kappa shape index (κ1) is 16.5. The zero-order valence-electron chi connectivity index (χ0n) is 13.8. The van der Waals surface area contributed by atoms with Crippen LogP contribution in [0.1, 0.15) is 29.3 Å². The molecule has 2 aromatic heterocycles. The molecule has 1 aliphatic carbocycles. The number of hydrogen-bond donors (Lipinski definition) is 2. The summed E-state index contributed by atoms with van der Waals surface area (Å²) in [6.45, 7) is 0. The summed E-state index contributed by atoms with van der Waals surface area (Å²) in [6.07, 6.45) is 3.27. The van der Waals surface area contributed by atoms with E-state index in [1.54, 1.807) is 11.3 Å². The number of thiophene rings is 1. The second-order valence-corrected chi connectivity index (χ2v) is 7.09. The number of nitrogens with zero attached hydrogens (tertiary/aromatic N) is 3. The van der Waals surface area contributed by atoms with Gasteiger partial charge in [-0.1, -0.05) is 36.4 Å². The van der Waals surface area contributed by atoms with E-state index in [-0.39, 0.29) is 23.6 Å². The van der Waals surface area contributed by atoms with Crippen LogP contribution >= 0.6 is 11.3 Å². The molecule has 1 unspecified atom stereocenters. The molecule has 3 aromatic rings. The zero-order chi connectivity index (χ0) is 17.9.